The zero-order chi connectivity index (χ0) is 16.1. The molecule has 0 fully saturated rings. The second kappa shape index (κ2) is 6.57. The third-order valence-corrected chi connectivity index (χ3v) is 2.68. The van der Waals surface area contributed by atoms with Gasteiger partial charge >= 0.3 is 0 Å². The number of nitro benzene ring substituents is 1. The first-order valence-corrected chi connectivity index (χ1v) is 6.14. The predicted octanol–water partition coefficient (Wildman–Crippen LogP) is 3.52. The fourth-order valence-corrected chi connectivity index (χ4v) is 1.77. The van der Waals surface area contributed by atoms with E-state index in [-0.39, 0.29) is 16.9 Å². The zero-order valence-electron chi connectivity index (χ0n) is 11.1. The molecule has 5 nitrogen and oxygen atoms in total. The topological polar surface area (TPSA) is 72.2 Å². The number of rotatable bonds is 4. The van der Waals surface area contributed by atoms with Crippen LogP contribution in [0.3, 0.4) is 0 Å². The van der Waals surface area contributed by atoms with Crippen molar-refractivity contribution in [1.82, 2.24) is 0 Å². The van der Waals surface area contributed by atoms with E-state index < -0.39 is 22.5 Å². The van der Waals surface area contributed by atoms with Crippen molar-refractivity contribution in [2.24, 2.45) is 0 Å². The molecule has 0 unspecified atom stereocenters. The van der Waals surface area contributed by atoms with Crippen molar-refractivity contribution >= 4 is 23.4 Å². The standard InChI is InChI=1S/C15H10F2N2O3/c16-11-7-12(17)9-13(8-11)18-15(20)6-5-10-3-1-2-4-14(10)19(21)22/h1-9H,(H,18,20)/b6-5+. The number of para-hydroxylation sites is 1. The molecule has 1 amide bonds. The van der Waals surface area contributed by atoms with Gasteiger partial charge < -0.3 is 5.32 Å². The van der Waals surface area contributed by atoms with Crippen LogP contribution in [0.25, 0.3) is 6.08 Å². The van der Waals surface area contributed by atoms with Crippen molar-refractivity contribution in [3.8, 4) is 0 Å². The van der Waals surface area contributed by atoms with Gasteiger partial charge in [-0.25, -0.2) is 8.78 Å². The maximum atomic E-state index is 13.0. The summed E-state index contributed by atoms with van der Waals surface area (Å²) in [6.45, 7) is 0. The van der Waals surface area contributed by atoms with Crippen LogP contribution in [0.5, 0.6) is 0 Å². The summed E-state index contributed by atoms with van der Waals surface area (Å²) in [5.74, 6) is -2.31. The fraction of sp³-hybridized carbons (Fsp3) is 0. The van der Waals surface area contributed by atoms with Gasteiger partial charge in [0, 0.05) is 23.9 Å². The summed E-state index contributed by atoms with van der Waals surface area (Å²) in [5.41, 5.74) is 0.0473. The van der Waals surface area contributed by atoms with Crippen LogP contribution in [-0.2, 0) is 4.79 Å². The van der Waals surface area contributed by atoms with E-state index in [2.05, 4.69) is 5.32 Å². The van der Waals surface area contributed by atoms with E-state index in [1.807, 2.05) is 0 Å². The molecule has 0 bridgehead atoms. The zero-order valence-corrected chi connectivity index (χ0v) is 11.1. The van der Waals surface area contributed by atoms with Crippen LogP contribution >= 0.6 is 0 Å². The molecule has 0 radical (unpaired) electrons. The summed E-state index contributed by atoms with van der Waals surface area (Å²) in [7, 11) is 0. The van der Waals surface area contributed by atoms with Gasteiger partial charge in [-0.15, -0.1) is 0 Å². The number of hydrogen-bond donors (Lipinski definition) is 1. The number of amides is 1. The van der Waals surface area contributed by atoms with Crippen molar-refractivity contribution in [1.29, 1.82) is 0 Å². The Hall–Kier alpha value is -3.09. The van der Waals surface area contributed by atoms with Crippen LogP contribution in [0.15, 0.2) is 48.5 Å². The average Bonchev–Trinajstić information content (AvgIpc) is 2.44. The molecule has 0 aliphatic carbocycles. The van der Waals surface area contributed by atoms with Gasteiger partial charge in [-0.2, -0.15) is 0 Å². The average molecular weight is 304 g/mol. The summed E-state index contributed by atoms with van der Waals surface area (Å²) in [4.78, 5) is 21.9. The molecule has 1 N–H and O–H groups in total. The summed E-state index contributed by atoms with van der Waals surface area (Å²) < 4.78 is 26.0. The fourth-order valence-electron chi connectivity index (χ4n) is 1.77. The van der Waals surface area contributed by atoms with Crippen LogP contribution < -0.4 is 5.32 Å². The SMILES string of the molecule is O=C(/C=C/c1ccccc1[N+](=O)[O-])Nc1cc(F)cc(F)c1. The summed E-state index contributed by atoms with van der Waals surface area (Å²) in [6, 6.07) is 8.47. The smallest absolute Gasteiger partial charge is 0.276 e. The van der Waals surface area contributed by atoms with Gasteiger partial charge in [-0.1, -0.05) is 12.1 Å². The number of carbonyl (C=O) groups excluding carboxylic acids is 1. The van der Waals surface area contributed by atoms with Gasteiger partial charge in [-0.3, -0.25) is 14.9 Å². The molecule has 112 valence electrons. The lowest BCUT2D eigenvalue weighted by atomic mass is 10.1. The molecule has 0 aliphatic rings. The molecular formula is C15H10F2N2O3. The third kappa shape index (κ3) is 3.95. The molecule has 0 saturated carbocycles. The van der Waals surface area contributed by atoms with Crippen molar-refractivity contribution in [2.75, 3.05) is 5.32 Å². The minimum Gasteiger partial charge on any atom is -0.322 e. The highest BCUT2D eigenvalue weighted by atomic mass is 19.1. The number of nitro groups is 1. The quantitative estimate of drug-likeness (QED) is 0.533. The Morgan fingerprint density at radius 1 is 1.14 bits per heavy atom. The van der Waals surface area contributed by atoms with Crippen LogP contribution in [0, 0.1) is 21.7 Å². The Morgan fingerprint density at radius 3 is 2.41 bits per heavy atom. The Labute approximate surface area is 124 Å². The lowest BCUT2D eigenvalue weighted by molar-refractivity contribution is -0.385. The highest BCUT2D eigenvalue weighted by molar-refractivity contribution is 6.02. The minimum atomic E-state index is -0.821. The molecule has 0 aliphatic heterocycles. The number of carbonyl (C=O) groups is 1. The molecule has 0 aromatic heterocycles. The Morgan fingerprint density at radius 2 is 1.77 bits per heavy atom. The van der Waals surface area contributed by atoms with Gasteiger partial charge in [0.1, 0.15) is 11.6 Å². The molecule has 2 rings (SSSR count). The number of nitrogens with one attached hydrogen (secondary N) is 1. The molecule has 2 aromatic rings. The summed E-state index contributed by atoms with van der Waals surface area (Å²) >= 11 is 0. The number of anilines is 1. The maximum Gasteiger partial charge on any atom is 0.276 e. The van der Waals surface area contributed by atoms with Crippen molar-refractivity contribution in [3.63, 3.8) is 0 Å². The number of nitrogens with zero attached hydrogens (tertiary/aromatic N) is 1. The molecular weight excluding hydrogens is 294 g/mol. The van der Waals surface area contributed by atoms with Gasteiger partial charge in [0.15, 0.2) is 0 Å². The Bertz CT molecular complexity index is 740. The maximum absolute atomic E-state index is 13.0. The molecule has 7 heteroatoms. The Balaban J connectivity index is 2.13. The molecule has 0 atom stereocenters. The van der Waals surface area contributed by atoms with Crippen LogP contribution in [0.4, 0.5) is 20.2 Å². The van der Waals surface area contributed by atoms with E-state index in [0.717, 1.165) is 18.2 Å². The van der Waals surface area contributed by atoms with Crippen molar-refractivity contribution < 1.29 is 18.5 Å². The monoisotopic (exact) mass is 304 g/mol. The Kier molecular flexibility index (Phi) is 4.57. The lowest BCUT2D eigenvalue weighted by Crippen LogP contribution is -2.08. The van der Waals surface area contributed by atoms with E-state index in [9.17, 15) is 23.7 Å². The first kappa shape index (κ1) is 15.3. The second-order valence-electron chi connectivity index (χ2n) is 4.30. The van der Waals surface area contributed by atoms with E-state index in [0.29, 0.717) is 6.07 Å². The molecule has 0 spiro atoms. The highest BCUT2D eigenvalue weighted by Gasteiger charge is 2.10. The summed E-state index contributed by atoms with van der Waals surface area (Å²) in [6.07, 6.45) is 2.30. The lowest BCUT2D eigenvalue weighted by Gasteiger charge is -2.02. The molecule has 0 saturated heterocycles. The molecule has 22 heavy (non-hydrogen) atoms. The number of halogens is 2. The first-order chi connectivity index (χ1) is 10.5. The minimum absolute atomic E-state index is 0.0466. The molecule has 0 heterocycles. The van der Waals surface area contributed by atoms with Gasteiger partial charge in [0.05, 0.1) is 10.5 Å². The van der Waals surface area contributed by atoms with Gasteiger partial charge in [-0.05, 0) is 24.3 Å². The normalized spacial score (nSPS) is 10.6. The molecule has 2 aromatic carbocycles. The van der Waals surface area contributed by atoms with Crippen LogP contribution in [0.1, 0.15) is 5.56 Å². The van der Waals surface area contributed by atoms with Gasteiger partial charge in [0.25, 0.3) is 5.69 Å². The van der Waals surface area contributed by atoms with E-state index >= 15 is 0 Å². The van der Waals surface area contributed by atoms with E-state index in [1.54, 1.807) is 6.07 Å². The number of hydrogen-bond acceptors (Lipinski definition) is 3. The predicted molar refractivity (Wildman–Crippen MR) is 77.1 cm³/mol. The second-order valence-corrected chi connectivity index (χ2v) is 4.30. The number of benzene rings is 2. The van der Waals surface area contributed by atoms with Gasteiger partial charge in [0.2, 0.25) is 5.91 Å². The summed E-state index contributed by atoms with van der Waals surface area (Å²) in [5, 5.41) is 13.1. The van der Waals surface area contributed by atoms with Crippen LogP contribution in [0.2, 0.25) is 0 Å². The van der Waals surface area contributed by atoms with E-state index in [4.69, 9.17) is 0 Å². The largest absolute Gasteiger partial charge is 0.322 e. The van der Waals surface area contributed by atoms with Crippen molar-refractivity contribution in [3.05, 3.63) is 75.9 Å². The van der Waals surface area contributed by atoms with E-state index in [1.165, 1.54) is 24.3 Å². The third-order valence-electron chi connectivity index (χ3n) is 2.68. The first-order valence-electron chi connectivity index (χ1n) is 6.14. The van der Waals surface area contributed by atoms with Crippen molar-refractivity contribution in [2.45, 2.75) is 0 Å². The van der Waals surface area contributed by atoms with Crippen LogP contribution in [-0.4, -0.2) is 10.8 Å². The highest BCUT2D eigenvalue weighted by Crippen LogP contribution is 2.19.